The summed E-state index contributed by atoms with van der Waals surface area (Å²) in [7, 11) is 1.58. The lowest BCUT2D eigenvalue weighted by molar-refractivity contribution is -0.137. The summed E-state index contributed by atoms with van der Waals surface area (Å²) in [4.78, 5) is 39.4. The molecule has 0 radical (unpaired) electrons. The van der Waals surface area contributed by atoms with Gasteiger partial charge in [0.25, 0.3) is 0 Å². The number of hydrogen-bond acceptors (Lipinski definition) is 8. The molecule has 1 aliphatic rings. The number of halogens is 3. The van der Waals surface area contributed by atoms with Crippen LogP contribution in [0.1, 0.15) is 63.4 Å². The van der Waals surface area contributed by atoms with Gasteiger partial charge in [-0.2, -0.15) is 23.4 Å². The van der Waals surface area contributed by atoms with E-state index in [-0.39, 0.29) is 24.3 Å². The summed E-state index contributed by atoms with van der Waals surface area (Å²) >= 11 is 0. The molecule has 0 aliphatic carbocycles. The van der Waals surface area contributed by atoms with Crippen molar-refractivity contribution in [2.24, 2.45) is 7.05 Å². The number of aliphatic hydroxyl groups is 1. The number of carbonyl (C=O) groups is 1. The minimum absolute atomic E-state index is 0.0486. The number of rotatable bonds is 8. The van der Waals surface area contributed by atoms with E-state index in [1.807, 2.05) is 29.7 Å². The van der Waals surface area contributed by atoms with Crippen LogP contribution in [0.5, 0.6) is 0 Å². The number of nitriles is 1. The number of pyridine rings is 1. The summed E-state index contributed by atoms with van der Waals surface area (Å²) < 4.78 is 41.4. The largest absolute Gasteiger partial charge is 0.416 e. The van der Waals surface area contributed by atoms with Crippen molar-refractivity contribution in [1.82, 2.24) is 24.8 Å². The molecule has 13 heteroatoms. The molecule has 1 fully saturated rings. The molecular weight excluding hydrogens is 563 g/mol. The van der Waals surface area contributed by atoms with Crippen molar-refractivity contribution in [3.8, 4) is 6.07 Å². The van der Waals surface area contributed by atoms with E-state index in [0.717, 1.165) is 12.1 Å². The highest BCUT2D eigenvalue weighted by Crippen LogP contribution is 2.35. The third kappa shape index (κ3) is 6.81. The second-order valence-corrected chi connectivity index (χ2v) is 11.5. The van der Waals surface area contributed by atoms with Crippen LogP contribution in [0, 0.1) is 11.3 Å². The zero-order chi connectivity index (χ0) is 31.7. The third-order valence-corrected chi connectivity index (χ3v) is 7.83. The predicted molar refractivity (Wildman–Crippen MR) is 155 cm³/mol. The van der Waals surface area contributed by atoms with E-state index in [1.54, 1.807) is 27.0 Å². The van der Waals surface area contributed by atoms with Gasteiger partial charge in [-0.3, -0.25) is 14.3 Å². The molecule has 0 saturated carbocycles. The molecule has 230 valence electrons. The van der Waals surface area contributed by atoms with E-state index in [4.69, 9.17) is 0 Å². The molecule has 3 heterocycles. The van der Waals surface area contributed by atoms with Gasteiger partial charge in [0.05, 0.1) is 16.7 Å². The second kappa shape index (κ2) is 12.3. The first-order valence-corrected chi connectivity index (χ1v) is 14.2. The van der Waals surface area contributed by atoms with E-state index in [9.17, 15) is 33.1 Å². The zero-order valence-electron chi connectivity index (χ0n) is 24.8. The van der Waals surface area contributed by atoms with Crippen LogP contribution >= 0.6 is 0 Å². The Morgan fingerprint density at radius 1 is 1.09 bits per heavy atom. The van der Waals surface area contributed by atoms with Crippen LogP contribution in [-0.4, -0.2) is 67.8 Å². The Balaban J connectivity index is 1.78. The van der Waals surface area contributed by atoms with Gasteiger partial charge in [0.1, 0.15) is 23.3 Å². The summed E-state index contributed by atoms with van der Waals surface area (Å²) in [6.45, 7) is 7.63. The maximum absolute atomic E-state index is 13.7. The number of piperazine rings is 1. The summed E-state index contributed by atoms with van der Waals surface area (Å²) in [5, 5.41) is 22.5. The van der Waals surface area contributed by atoms with Gasteiger partial charge >= 0.3 is 11.9 Å². The van der Waals surface area contributed by atoms with Crippen LogP contribution in [0.15, 0.2) is 41.2 Å². The van der Waals surface area contributed by atoms with Crippen LogP contribution < -0.4 is 15.9 Å². The molecule has 2 N–H and O–H groups in total. The lowest BCUT2D eigenvalue weighted by Crippen LogP contribution is -2.61. The minimum atomic E-state index is -4.52. The SMILES string of the molecule is CC[C@H]1CN(C(C(=O)NCC(C)(C)O)c2ccc(C(F)(F)F)cc2)[C@H](CC)CN1c1nc(=O)n(C)c2ccc(C#N)nc12. The number of fused-ring (bicyclic) bond motifs is 1. The monoisotopic (exact) mass is 599 g/mol. The fourth-order valence-corrected chi connectivity index (χ4v) is 5.48. The molecule has 4 rings (SSSR count). The van der Waals surface area contributed by atoms with Gasteiger partial charge in [-0.1, -0.05) is 26.0 Å². The average Bonchev–Trinajstić information content (AvgIpc) is 2.97. The first-order chi connectivity index (χ1) is 20.2. The van der Waals surface area contributed by atoms with Crippen LogP contribution in [0.2, 0.25) is 0 Å². The lowest BCUT2D eigenvalue weighted by atomic mass is 9.94. The Morgan fingerprint density at radius 2 is 1.74 bits per heavy atom. The summed E-state index contributed by atoms with van der Waals surface area (Å²) in [6.07, 6.45) is -3.36. The molecule has 3 aromatic rings. The highest BCUT2D eigenvalue weighted by Gasteiger charge is 2.41. The van der Waals surface area contributed by atoms with E-state index in [2.05, 4.69) is 15.3 Å². The number of alkyl halides is 3. The smallest absolute Gasteiger partial charge is 0.389 e. The van der Waals surface area contributed by atoms with Gasteiger partial charge in [-0.25, -0.2) is 9.78 Å². The number of aryl methyl sites for hydroxylation is 1. The van der Waals surface area contributed by atoms with Gasteiger partial charge in [-0.05, 0) is 56.5 Å². The Kier molecular flexibility index (Phi) is 9.13. The molecule has 0 spiro atoms. The van der Waals surface area contributed by atoms with Crippen LogP contribution in [0.3, 0.4) is 0 Å². The van der Waals surface area contributed by atoms with Crippen molar-refractivity contribution >= 4 is 22.8 Å². The van der Waals surface area contributed by atoms with Crippen molar-refractivity contribution in [3.05, 3.63) is 63.7 Å². The lowest BCUT2D eigenvalue weighted by Gasteiger charge is -2.49. The van der Waals surface area contributed by atoms with Crippen LogP contribution in [0.25, 0.3) is 11.0 Å². The summed E-state index contributed by atoms with van der Waals surface area (Å²) in [6, 6.07) is 8.34. The van der Waals surface area contributed by atoms with Crippen molar-refractivity contribution in [2.45, 2.75) is 70.4 Å². The van der Waals surface area contributed by atoms with Crippen LogP contribution in [0.4, 0.5) is 19.0 Å². The minimum Gasteiger partial charge on any atom is -0.389 e. The quantitative estimate of drug-likeness (QED) is 0.403. The third-order valence-electron chi connectivity index (χ3n) is 7.83. The molecule has 2 aromatic heterocycles. The standard InChI is InChI=1S/C30H36F3N7O3/c1-6-21-16-40(26-24-23(38(5)28(42)37-26)13-12-20(14-34)36-24)22(7-2)15-39(21)25(27(41)35-17-29(3,4)43)18-8-10-19(11-9-18)30(31,32)33/h8-13,21-22,25,43H,6-7,15-17H2,1-5H3,(H,35,41)/t21-,22+,25?/m1/s1. The van der Waals surface area contributed by atoms with Crippen molar-refractivity contribution in [2.75, 3.05) is 24.5 Å². The molecule has 1 unspecified atom stereocenters. The Labute approximate surface area is 247 Å². The molecule has 1 aromatic carbocycles. The number of amides is 1. The van der Waals surface area contributed by atoms with E-state index >= 15 is 0 Å². The molecule has 0 bridgehead atoms. The van der Waals surface area contributed by atoms with Crippen LogP contribution in [-0.2, 0) is 18.0 Å². The number of nitrogens with zero attached hydrogens (tertiary/aromatic N) is 6. The Hall–Kier alpha value is -4.02. The number of benzene rings is 1. The summed E-state index contributed by atoms with van der Waals surface area (Å²) in [5.74, 6) is -0.0983. The summed E-state index contributed by atoms with van der Waals surface area (Å²) in [5.41, 5.74) is -0.996. The topological polar surface area (TPSA) is 127 Å². The molecule has 3 atom stereocenters. The molecule has 1 aliphatic heterocycles. The Morgan fingerprint density at radius 3 is 2.30 bits per heavy atom. The van der Waals surface area contributed by atoms with Gasteiger partial charge in [0.15, 0.2) is 5.82 Å². The maximum Gasteiger partial charge on any atom is 0.416 e. The van der Waals surface area contributed by atoms with Gasteiger partial charge < -0.3 is 15.3 Å². The highest BCUT2D eigenvalue weighted by atomic mass is 19.4. The Bertz CT molecular complexity index is 1580. The molecular formula is C30H36F3N7O3. The molecule has 10 nitrogen and oxygen atoms in total. The number of nitrogens with one attached hydrogen (secondary N) is 1. The van der Waals surface area contributed by atoms with E-state index in [1.165, 1.54) is 22.8 Å². The average molecular weight is 600 g/mol. The fourth-order valence-electron chi connectivity index (χ4n) is 5.48. The molecule has 1 saturated heterocycles. The fraction of sp³-hybridized carbons (Fsp3) is 0.500. The van der Waals surface area contributed by atoms with Crippen molar-refractivity contribution in [1.29, 1.82) is 5.26 Å². The molecule has 43 heavy (non-hydrogen) atoms. The second-order valence-electron chi connectivity index (χ2n) is 11.5. The highest BCUT2D eigenvalue weighted by molar-refractivity contribution is 5.87. The number of aromatic nitrogens is 3. The van der Waals surface area contributed by atoms with E-state index in [0.29, 0.717) is 48.3 Å². The number of hydrogen-bond donors (Lipinski definition) is 2. The molecule has 1 amide bonds. The van der Waals surface area contributed by atoms with Gasteiger partial charge in [0, 0.05) is 38.8 Å². The zero-order valence-corrected chi connectivity index (χ0v) is 24.8. The van der Waals surface area contributed by atoms with Gasteiger partial charge in [0.2, 0.25) is 5.91 Å². The van der Waals surface area contributed by atoms with Gasteiger partial charge in [-0.15, -0.1) is 0 Å². The predicted octanol–water partition coefficient (Wildman–Crippen LogP) is 3.53. The first kappa shape index (κ1) is 31.9. The van der Waals surface area contributed by atoms with E-state index < -0.39 is 35.0 Å². The maximum atomic E-state index is 13.7. The van der Waals surface area contributed by atoms with Crippen molar-refractivity contribution < 1.29 is 23.1 Å². The normalized spacial score (nSPS) is 18.8. The van der Waals surface area contributed by atoms with Crippen molar-refractivity contribution in [3.63, 3.8) is 0 Å². The number of carbonyl (C=O) groups excluding carboxylic acids is 1. The number of anilines is 1. The first-order valence-electron chi connectivity index (χ1n) is 14.2.